The molecule has 0 radical (unpaired) electrons. The van der Waals surface area contributed by atoms with E-state index < -0.39 is 12.0 Å². The Morgan fingerprint density at radius 2 is 1.84 bits per heavy atom. The summed E-state index contributed by atoms with van der Waals surface area (Å²) in [6.07, 6.45) is -3.34. The third-order valence-electron chi connectivity index (χ3n) is 4.52. The first kappa shape index (κ1) is 24.8. The largest absolute Gasteiger partial charge is 0.432 e. The second-order valence-corrected chi connectivity index (χ2v) is 7.16. The van der Waals surface area contributed by atoms with Crippen LogP contribution in [0.5, 0.6) is 5.75 Å². The molecule has 0 unspecified atom stereocenters. The van der Waals surface area contributed by atoms with Crippen LogP contribution in [0.25, 0.3) is 0 Å². The van der Waals surface area contributed by atoms with E-state index in [9.17, 15) is 13.6 Å². The molecule has 0 aliphatic rings. The van der Waals surface area contributed by atoms with E-state index in [0.717, 1.165) is 11.1 Å². The monoisotopic (exact) mass is 447 g/mol. The lowest BCUT2D eigenvalue weighted by atomic mass is 9.98. The lowest BCUT2D eigenvalue weighted by molar-refractivity contribution is -0.159. The van der Waals surface area contributed by atoms with Gasteiger partial charge in [0.05, 0.1) is 5.71 Å². The first-order chi connectivity index (χ1) is 15.1. The van der Waals surface area contributed by atoms with Crippen molar-refractivity contribution in [3.63, 3.8) is 0 Å². The molecule has 0 aromatic heterocycles. The van der Waals surface area contributed by atoms with Crippen LogP contribution >= 0.6 is 0 Å². The van der Waals surface area contributed by atoms with Gasteiger partial charge in [0, 0.05) is 30.7 Å². The molecule has 1 N–H and O–H groups in total. The maximum absolute atomic E-state index is 13.4. The van der Waals surface area contributed by atoms with Crippen molar-refractivity contribution in [3.05, 3.63) is 64.2 Å². The molecule has 2 rings (SSSR count). The predicted molar refractivity (Wildman–Crippen MR) is 118 cm³/mol. The number of alkyl halides is 2. The number of amides is 1. The molecule has 2 aromatic carbocycles. The molecular formula is C23H27F2N3O4. The van der Waals surface area contributed by atoms with Gasteiger partial charge in [0.15, 0.2) is 5.71 Å². The van der Waals surface area contributed by atoms with Crippen molar-refractivity contribution in [2.75, 3.05) is 14.2 Å². The fourth-order valence-electron chi connectivity index (χ4n) is 2.99. The Kier molecular flexibility index (Phi) is 8.28. The van der Waals surface area contributed by atoms with Crippen LogP contribution in [-0.4, -0.2) is 37.6 Å². The molecule has 0 aliphatic heterocycles. The smallest absolute Gasteiger partial charge is 0.394 e. The number of carbonyl (C=O) groups excluding carboxylic acids is 1. The number of nitrogens with one attached hydrogen (secondary N) is 1. The number of nitrogens with zero attached hydrogens (tertiary/aromatic N) is 2. The maximum atomic E-state index is 13.4. The minimum absolute atomic E-state index is 0.00746. The van der Waals surface area contributed by atoms with Crippen LogP contribution in [-0.2, 0) is 21.1 Å². The fraction of sp³-hybridized carbons (Fsp3) is 0.348. The first-order valence-corrected chi connectivity index (χ1v) is 9.84. The van der Waals surface area contributed by atoms with Crippen molar-refractivity contribution < 1.29 is 28.0 Å². The molecule has 0 saturated carbocycles. The average molecular weight is 447 g/mol. The van der Waals surface area contributed by atoms with Gasteiger partial charge in [0.2, 0.25) is 0 Å². The number of benzene rings is 2. The van der Waals surface area contributed by atoms with Gasteiger partial charge in [-0.2, -0.15) is 8.78 Å². The lowest BCUT2D eigenvalue weighted by Crippen LogP contribution is -2.29. The van der Waals surface area contributed by atoms with Crippen molar-refractivity contribution in [1.29, 1.82) is 0 Å². The standard InChI is InChI=1S/C23H27F2N3O4/c1-14-10-11-17(20(12-14)32-23(4,24)25)16(3)27-31-13-19-15(2)8-7-9-18(19)21(28-30-6)22(29)26-5/h7-12H,13H2,1-6H3,(H,26,29)/b27-16+,28-21+. The van der Waals surface area contributed by atoms with Crippen LogP contribution < -0.4 is 10.1 Å². The summed E-state index contributed by atoms with van der Waals surface area (Å²) in [4.78, 5) is 22.6. The van der Waals surface area contributed by atoms with E-state index in [2.05, 4.69) is 15.6 Å². The Hall–Kier alpha value is -3.49. The highest BCUT2D eigenvalue weighted by atomic mass is 19.3. The molecule has 32 heavy (non-hydrogen) atoms. The molecule has 0 aliphatic carbocycles. The van der Waals surface area contributed by atoms with Crippen molar-refractivity contribution in [2.45, 2.75) is 40.4 Å². The van der Waals surface area contributed by atoms with Crippen molar-refractivity contribution in [1.82, 2.24) is 5.32 Å². The van der Waals surface area contributed by atoms with Gasteiger partial charge in [-0.15, -0.1) is 0 Å². The maximum Gasteiger partial charge on any atom is 0.394 e. The van der Waals surface area contributed by atoms with Gasteiger partial charge >= 0.3 is 6.11 Å². The summed E-state index contributed by atoms with van der Waals surface area (Å²) < 4.78 is 31.7. The van der Waals surface area contributed by atoms with Crippen LogP contribution in [0.3, 0.4) is 0 Å². The molecule has 2 aromatic rings. The summed E-state index contributed by atoms with van der Waals surface area (Å²) in [5.74, 6) is -0.409. The fourth-order valence-corrected chi connectivity index (χ4v) is 2.99. The van der Waals surface area contributed by atoms with Crippen molar-refractivity contribution in [2.24, 2.45) is 10.3 Å². The lowest BCUT2D eigenvalue weighted by Gasteiger charge is -2.17. The summed E-state index contributed by atoms with van der Waals surface area (Å²) in [6.45, 7) is 5.96. The number of ether oxygens (including phenoxy) is 1. The molecule has 9 heteroatoms. The number of hydrogen-bond donors (Lipinski definition) is 1. The number of carbonyl (C=O) groups is 1. The SMILES string of the molecule is CNC(=O)/C(=N/OC)c1cccc(C)c1CO/N=C(\C)c1ccc(C)cc1OC(C)(F)F. The normalized spacial score (nSPS) is 12.4. The number of aryl methyl sites for hydroxylation is 2. The summed E-state index contributed by atoms with van der Waals surface area (Å²) in [5.41, 5.74) is 3.68. The molecule has 0 heterocycles. The van der Waals surface area contributed by atoms with Gasteiger partial charge in [0.25, 0.3) is 5.91 Å². The topological polar surface area (TPSA) is 81.5 Å². The van der Waals surface area contributed by atoms with E-state index in [4.69, 9.17) is 14.4 Å². The van der Waals surface area contributed by atoms with Gasteiger partial charge in [-0.3, -0.25) is 4.79 Å². The van der Waals surface area contributed by atoms with Gasteiger partial charge < -0.3 is 19.7 Å². The summed E-state index contributed by atoms with van der Waals surface area (Å²) in [6, 6.07) is 10.3. The number of hydrogen-bond acceptors (Lipinski definition) is 6. The zero-order valence-corrected chi connectivity index (χ0v) is 19.0. The van der Waals surface area contributed by atoms with E-state index in [1.54, 1.807) is 38.1 Å². The van der Waals surface area contributed by atoms with E-state index in [1.807, 2.05) is 13.0 Å². The Morgan fingerprint density at radius 1 is 1.12 bits per heavy atom. The highest BCUT2D eigenvalue weighted by molar-refractivity contribution is 6.45. The molecule has 7 nitrogen and oxygen atoms in total. The third-order valence-corrected chi connectivity index (χ3v) is 4.52. The van der Waals surface area contributed by atoms with Crippen LogP contribution in [0.4, 0.5) is 8.78 Å². The molecule has 0 saturated heterocycles. The zero-order valence-electron chi connectivity index (χ0n) is 19.0. The van der Waals surface area contributed by atoms with E-state index in [0.29, 0.717) is 29.3 Å². The van der Waals surface area contributed by atoms with Crippen LogP contribution in [0.15, 0.2) is 46.7 Å². The molecule has 0 spiro atoms. The number of halogens is 2. The summed E-state index contributed by atoms with van der Waals surface area (Å²) in [5, 5.41) is 10.4. The van der Waals surface area contributed by atoms with Gasteiger partial charge in [0.1, 0.15) is 19.5 Å². The minimum Gasteiger partial charge on any atom is -0.432 e. The zero-order chi connectivity index (χ0) is 23.9. The predicted octanol–water partition coefficient (Wildman–Crippen LogP) is 4.33. The van der Waals surface area contributed by atoms with E-state index >= 15 is 0 Å². The van der Waals surface area contributed by atoms with Crippen molar-refractivity contribution >= 4 is 17.3 Å². The average Bonchev–Trinajstić information content (AvgIpc) is 2.71. The van der Waals surface area contributed by atoms with Crippen molar-refractivity contribution in [3.8, 4) is 5.75 Å². The van der Waals surface area contributed by atoms with Gasteiger partial charge in [-0.1, -0.05) is 34.6 Å². The molecular weight excluding hydrogens is 420 g/mol. The number of rotatable bonds is 9. The Morgan fingerprint density at radius 3 is 2.47 bits per heavy atom. The second-order valence-electron chi connectivity index (χ2n) is 7.16. The van der Waals surface area contributed by atoms with Crippen LogP contribution in [0, 0.1) is 13.8 Å². The highest BCUT2D eigenvalue weighted by Crippen LogP contribution is 2.27. The first-order valence-electron chi connectivity index (χ1n) is 9.84. The molecule has 0 fully saturated rings. The summed E-state index contributed by atoms with van der Waals surface area (Å²) in [7, 11) is 2.85. The van der Waals surface area contributed by atoms with Crippen LogP contribution in [0.2, 0.25) is 0 Å². The van der Waals surface area contributed by atoms with E-state index in [1.165, 1.54) is 20.2 Å². The highest BCUT2D eigenvalue weighted by Gasteiger charge is 2.25. The molecule has 0 atom stereocenters. The quantitative estimate of drug-likeness (QED) is 0.458. The second kappa shape index (κ2) is 10.7. The number of oxime groups is 2. The van der Waals surface area contributed by atoms with Gasteiger partial charge in [-0.25, -0.2) is 0 Å². The third kappa shape index (κ3) is 6.50. The summed E-state index contributed by atoms with van der Waals surface area (Å²) >= 11 is 0. The number of likely N-dealkylation sites (N-methyl/N-ethyl adjacent to an activating group) is 1. The molecule has 0 bridgehead atoms. The Balaban J connectivity index is 2.33. The van der Waals surface area contributed by atoms with Crippen LogP contribution in [0.1, 0.15) is 41.7 Å². The van der Waals surface area contributed by atoms with Gasteiger partial charge in [-0.05, 0) is 44.0 Å². The Labute approximate surface area is 186 Å². The van der Waals surface area contributed by atoms with E-state index in [-0.39, 0.29) is 18.1 Å². The minimum atomic E-state index is -3.34. The Bertz CT molecular complexity index is 1030. The molecule has 172 valence electrons. The molecule has 1 amide bonds.